The molecule has 0 spiro atoms. The Morgan fingerprint density at radius 3 is 2.73 bits per heavy atom. The van der Waals surface area contributed by atoms with Crippen LogP contribution in [0.1, 0.15) is 10.4 Å². The molecule has 0 saturated heterocycles. The van der Waals surface area contributed by atoms with Crippen molar-refractivity contribution in [3.8, 4) is 0 Å². The van der Waals surface area contributed by atoms with Crippen LogP contribution in [-0.4, -0.2) is 15.5 Å². The Morgan fingerprint density at radius 2 is 2.07 bits per heavy atom. The molecule has 0 aliphatic carbocycles. The van der Waals surface area contributed by atoms with Gasteiger partial charge in [0.1, 0.15) is 5.56 Å². The van der Waals surface area contributed by atoms with Gasteiger partial charge in [-0.2, -0.15) is 0 Å². The second-order valence-electron chi connectivity index (χ2n) is 3.00. The Bertz CT molecular complexity index is 603. The summed E-state index contributed by atoms with van der Waals surface area (Å²) in [4.78, 5) is 22.3. The van der Waals surface area contributed by atoms with Crippen LogP contribution in [0.5, 0.6) is 0 Å². The Morgan fingerprint density at radius 1 is 1.33 bits per heavy atom. The van der Waals surface area contributed by atoms with Crippen molar-refractivity contribution in [3.63, 3.8) is 0 Å². The molecule has 0 atom stereocenters. The predicted octanol–water partition coefficient (Wildman–Crippen LogP) is 1.65. The van der Waals surface area contributed by atoms with E-state index in [2.05, 4.69) is 0 Å². The summed E-state index contributed by atoms with van der Waals surface area (Å²) in [5.74, 6) is -1.23. The number of hydrogen-bond donors (Lipinski definition) is 1. The van der Waals surface area contributed by atoms with E-state index in [9.17, 15) is 9.59 Å². The van der Waals surface area contributed by atoms with Gasteiger partial charge in [0.2, 0.25) is 0 Å². The zero-order valence-corrected chi connectivity index (χ0v) is 8.23. The van der Waals surface area contributed by atoms with E-state index < -0.39 is 11.5 Å². The number of rotatable bonds is 1. The highest BCUT2D eigenvalue weighted by Crippen LogP contribution is 2.10. The standard InChI is InChI=1S/C10H6ClNO3/c11-6-3-4-12-7(5-6)1-2-8(9(12)13)10(14)15/h1-5H,(H,14,15). The first kappa shape index (κ1) is 9.73. The molecule has 1 N–H and O–H groups in total. The van der Waals surface area contributed by atoms with E-state index in [0.29, 0.717) is 10.5 Å². The highest BCUT2D eigenvalue weighted by atomic mass is 35.5. The van der Waals surface area contributed by atoms with Gasteiger partial charge in [0.05, 0.1) is 5.52 Å². The van der Waals surface area contributed by atoms with Crippen molar-refractivity contribution in [3.05, 3.63) is 51.4 Å². The highest BCUT2D eigenvalue weighted by Gasteiger charge is 2.09. The summed E-state index contributed by atoms with van der Waals surface area (Å²) in [5.41, 5.74) is -0.246. The normalized spacial score (nSPS) is 10.5. The number of nitrogens with zero attached hydrogens (tertiary/aromatic N) is 1. The van der Waals surface area contributed by atoms with E-state index in [-0.39, 0.29) is 5.56 Å². The molecule has 0 saturated carbocycles. The van der Waals surface area contributed by atoms with Gasteiger partial charge < -0.3 is 5.11 Å². The molecular weight excluding hydrogens is 218 g/mol. The molecule has 2 aromatic rings. The highest BCUT2D eigenvalue weighted by molar-refractivity contribution is 6.30. The van der Waals surface area contributed by atoms with Gasteiger partial charge in [-0.3, -0.25) is 9.20 Å². The molecular formula is C10H6ClNO3. The Balaban J connectivity index is 2.86. The predicted molar refractivity (Wildman–Crippen MR) is 55.6 cm³/mol. The zero-order valence-electron chi connectivity index (χ0n) is 7.48. The average molecular weight is 224 g/mol. The van der Waals surface area contributed by atoms with Crippen LogP contribution in [0, 0.1) is 0 Å². The van der Waals surface area contributed by atoms with E-state index in [1.54, 1.807) is 6.07 Å². The molecule has 76 valence electrons. The number of aromatic nitrogens is 1. The van der Waals surface area contributed by atoms with Crippen LogP contribution >= 0.6 is 11.6 Å². The number of halogens is 1. The molecule has 4 nitrogen and oxygen atoms in total. The van der Waals surface area contributed by atoms with Crippen LogP contribution in [-0.2, 0) is 0 Å². The van der Waals surface area contributed by atoms with Crippen LogP contribution in [0.25, 0.3) is 5.52 Å². The lowest BCUT2D eigenvalue weighted by molar-refractivity contribution is 0.0695. The smallest absolute Gasteiger partial charge is 0.341 e. The quantitative estimate of drug-likeness (QED) is 0.800. The zero-order chi connectivity index (χ0) is 11.0. The molecule has 2 heterocycles. The molecule has 0 radical (unpaired) electrons. The third kappa shape index (κ3) is 1.59. The van der Waals surface area contributed by atoms with Gasteiger partial charge >= 0.3 is 5.97 Å². The second-order valence-corrected chi connectivity index (χ2v) is 3.43. The van der Waals surface area contributed by atoms with Crippen molar-refractivity contribution >= 4 is 23.1 Å². The summed E-state index contributed by atoms with van der Waals surface area (Å²) in [6, 6.07) is 5.93. The molecule has 0 aromatic carbocycles. The van der Waals surface area contributed by atoms with E-state index in [0.717, 1.165) is 0 Å². The minimum atomic E-state index is -1.23. The summed E-state index contributed by atoms with van der Waals surface area (Å²) in [7, 11) is 0. The lowest BCUT2D eigenvalue weighted by Crippen LogP contribution is -2.21. The fourth-order valence-corrected chi connectivity index (χ4v) is 1.50. The van der Waals surface area contributed by atoms with Gasteiger partial charge in [-0.05, 0) is 24.3 Å². The minimum absolute atomic E-state index is 0.255. The van der Waals surface area contributed by atoms with Crippen molar-refractivity contribution in [2.45, 2.75) is 0 Å². The van der Waals surface area contributed by atoms with Crippen LogP contribution in [0.15, 0.2) is 35.3 Å². The van der Waals surface area contributed by atoms with E-state index >= 15 is 0 Å². The lowest BCUT2D eigenvalue weighted by Gasteiger charge is -2.01. The van der Waals surface area contributed by atoms with Gasteiger partial charge in [-0.25, -0.2) is 4.79 Å². The number of aromatic carboxylic acids is 1. The van der Waals surface area contributed by atoms with Gasteiger partial charge in [-0.1, -0.05) is 11.6 Å². The van der Waals surface area contributed by atoms with E-state index in [4.69, 9.17) is 16.7 Å². The number of pyridine rings is 2. The molecule has 0 aliphatic heterocycles. The molecule has 0 aliphatic rings. The maximum Gasteiger partial charge on any atom is 0.341 e. The molecule has 2 rings (SSSR count). The van der Waals surface area contributed by atoms with Crippen molar-refractivity contribution < 1.29 is 9.90 Å². The Kier molecular flexibility index (Phi) is 2.21. The van der Waals surface area contributed by atoms with Crippen LogP contribution in [0.3, 0.4) is 0 Å². The molecule has 0 fully saturated rings. The average Bonchev–Trinajstić information content (AvgIpc) is 2.17. The number of carboxylic acid groups (broad SMARTS) is 1. The number of fused-ring (bicyclic) bond motifs is 1. The van der Waals surface area contributed by atoms with Crippen LogP contribution in [0.2, 0.25) is 5.02 Å². The molecule has 5 heteroatoms. The molecule has 0 bridgehead atoms. The van der Waals surface area contributed by atoms with Crippen molar-refractivity contribution in [2.24, 2.45) is 0 Å². The molecule has 0 unspecified atom stereocenters. The molecule has 2 aromatic heterocycles. The third-order valence-electron chi connectivity index (χ3n) is 2.05. The Labute approximate surface area is 89.3 Å². The van der Waals surface area contributed by atoms with Gasteiger partial charge in [0.15, 0.2) is 0 Å². The first-order valence-electron chi connectivity index (χ1n) is 4.14. The fourth-order valence-electron chi connectivity index (χ4n) is 1.34. The number of carboxylic acids is 1. The second kappa shape index (κ2) is 3.40. The first-order chi connectivity index (χ1) is 7.09. The lowest BCUT2D eigenvalue weighted by atomic mass is 10.2. The molecule has 15 heavy (non-hydrogen) atoms. The topological polar surface area (TPSA) is 58.8 Å². The first-order valence-corrected chi connectivity index (χ1v) is 4.51. The summed E-state index contributed by atoms with van der Waals surface area (Å²) < 4.78 is 1.25. The van der Waals surface area contributed by atoms with Crippen LogP contribution < -0.4 is 5.56 Å². The maximum atomic E-state index is 11.6. The SMILES string of the molecule is O=C(O)c1ccc2cc(Cl)ccn2c1=O. The summed E-state index contributed by atoms with van der Waals surface area (Å²) >= 11 is 5.74. The maximum absolute atomic E-state index is 11.6. The third-order valence-corrected chi connectivity index (χ3v) is 2.28. The van der Waals surface area contributed by atoms with E-state index in [1.165, 1.54) is 28.8 Å². The van der Waals surface area contributed by atoms with Crippen molar-refractivity contribution in [1.29, 1.82) is 0 Å². The summed E-state index contributed by atoms with van der Waals surface area (Å²) in [6.07, 6.45) is 1.45. The summed E-state index contributed by atoms with van der Waals surface area (Å²) in [5, 5.41) is 9.24. The van der Waals surface area contributed by atoms with Gasteiger partial charge in [0.25, 0.3) is 5.56 Å². The van der Waals surface area contributed by atoms with Crippen LogP contribution in [0.4, 0.5) is 0 Å². The van der Waals surface area contributed by atoms with Gasteiger partial charge in [0, 0.05) is 11.2 Å². The monoisotopic (exact) mass is 223 g/mol. The van der Waals surface area contributed by atoms with E-state index in [1.807, 2.05) is 0 Å². The minimum Gasteiger partial charge on any atom is -0.477 e. The number of carbonyl (C=O) groups is 1. The fraction of sp³-hybridized carbons (Fsp3) is 0. The summed E-state index contributed by atoms with van der Waals surface area (Å²) in [6.45, 7) is 0. The largest absolute Gasteiger partial charge is 0.477 e. The molecule has 0 amide bonds. The van der Waals surface area contributed by atoms with Crippen molar-refractivity contribution in [2.75, 3.05) is 0 Å². The Hall–Kier alpha value is -1.81. The van der Waals surface area contributed by atoms with Gasteiger partial charge in [-0.15, -0.1) is 0 Å². The number of hydrogen-bond acceptors (Lipinski definition) is 2. The van der Waals surface area contributed by atoms with Crippen molar-refractivity contribution in [1.82, 2.24) is 4.40 Å².